The largest absolute Gasteiger partial charge is 0.325 e. The Labute approximate surface area is 88.9 Å². The molecule has 1 saturated carbocycles. The van der Waals surface area contributed by atoms with Gasteiger partial charge in [0.05, 0.1) is 0 Å². The van der Waals surface area contributed by atoms with Gasteiger partial charge < -0.3 is 10.1 Å². The number of pyridine rings is 1. The minimum Gasteiger partial charge on any atom is -0.325 e. The van der Waals surface area contributed by atoms with Gasteiger partial charge in [0.25, 0.3) is 0 Å². The molecule has 2 heterocycles. The highest BCUT2D eigenvalue weighted by Crippen LogP contribution is 2.36. The molecule has 2 aromatic heterocycles. The van der Waals surface area contributed by atoms with Crippen molar-refractivity contribution in [2.75, 3.05) is 0 Å². The topological polar surface area (TPSA) is 43.3 Å². The molecule has 78 valence electrons. The summed E-state index contributed by atoms with van der Waals surface area (Å²) in [5, 5.41) is 0. The first-order chi connectivity index (χ1) is 7.27. The van der Waals surface area contributed by atoms with Crippen LogP contribution in [-0.4, -0.2) is 14.9 Å². The van der Waals surface area contributed by atoms with Crippen LogP contribution in [0.1, 0.15) is 24.8 Å². The molecule has 3 nitrogen and oxygen atoms in total. The molecule has 3 rings (SSSR count). The zero-order valence-corrected chi connectivity index (χ0v) is 8.69. The fourth-order valence-corrected chi connectivity index (χ4v) is 2.00. The number of imidazole rings is 1. The van der Waals surface area contributed by atoms with E-state index in [9.17, 15) is 0 Å². The third-order valence-electron chi connectivity index (χ3n) is 3.28. The lowest BCUT2D eigenvalue weighted by Gasteiger charge is -2.08. The lowest BCUT2D eigenvalue weighted by molar-refractivity contribution is 0.609. The number of aryl methyl sites for hydroxylation is 1. The maximum atomic E-state index is 6.09. The quantitative estimate of drug-likeness (QED) is 0.822. The molecule has 0 spiro atoms. The number of fused-ring (bicyclic) bond motifs is 1. The number of rotatable bonds is 3. The van der Waals surface area contributed by atoms with Crippen molar-refractivity contribution in [2.45, 2.75) is 31.2 Å². The summed E-state index contributed by atoms with van der Waals surface area (Å²) in [6.45, 7) is 0. The molecule has 2 aromatic rings. The molecule has 2 N–H and O–H groups in total. The highest BCUT2D eigenvalue weighted by molar-refractivity contribution is 5.47. The monoisotopic (exact) mass is 201 g/mol. The molecule has 0 atom stereocenters. The van der Waals surface area contributed by atoms with Gasteiger partial charge in [0.1, 0.15) is 5.65 Å². The standard InChI is InChI=1S/C12H15N3/c13-12(5-6-12)4-3-10-2-1-8-15-9-7-14-11(10)15/h1-2,7-9H,3-6,13H2. The number of hydrogen-bond donors (Lipinski definition) is 1. The zero-order chi connectivity index (χ0) is 10.3. The van der Waals surface area contributed by atoms with E-state index in [-0.39, 0.29) is 5.54 Å². The zero-order valence-electron chi connectivity index (χ0n) is 8.69. The van der Waals surface area contributed by atoms with Gasteiger partial charge in [-0.05, 0) is 37.3 Å². The van der Waals surface area contributed by atoms with E-state index in [1.165, 1.54) is 18.4 Å². The highest BCUT2D eigenvalue weighted by Gasteiger charge is 2.37. The lowest BCUT2D eigenvalue weighted by atomic mass is 10.1. The van der Waals surface area contributed by atoms with Crippen LogP contribution in [0.4, 0.5) is 0 Å². The van der Waals surface area contributed by atoms with Gasteiger partial charge in [-0.25, -0.2) is 4.98 Å². The first kappa shape index (κ1) is 8.92. The second-order valence-electron chi connectivity index (χ2n) is 4.55. The van der Waals surface area contributed by atoms with Crippen molar-refractivity contribution in [3.05, 3.63) is 36.3 Å². The Morgan fingerprint density at radius 1 is 1.40 bits per heavy atom. The van der Waals surface area contributed by atoms with E-state index in [0.29, 0.717) is 0 Å². The molecule has 0 aliphatic heterocycles. The van der Waals surface area contributed by atoms with E-state index >= 15 is 0 Å². The van der Waals surface area contributed by atoms with Gasteiger partial charge in [0, 0.05) is 24.1 Å². The molecular formula is C12H15N3. The predicted octanol–water partition coefficient (Wildman–Crippen LogP) is 1.76. The van der Waals surface area contributed by atoms with E-state index in [1.807, 2.05) is 18.6 Å². The van der Waals surface area contributed by atoms with E-state index in [0.717, 1.165) is 18.5 Å². The Hall–Kier alpha value is -1.35. The maximum Gasteiger partial charge on any atom is 0.139 e. The van der Waals surface area contributed by atoms with E-state index < -0.39 is 0 Å². The third-order valence-corrected chi connectivity index (χ3v) is 3.28. The second kappa shape index (κ2) is 3.07. The number of hydrogen-bond acceptors (Lipinski definition) is 2. The SMILES string of the molecule is NC1(CCc2cccn3ccnc23)CC1. The first-order valence-corrected chi connectivity index (χ1v) is 5.46. The molecule has 3 heteroatoms. The minimum atomic E-state index is 0.138. The minimum absolute atomic E-state index is 0.138. The fourth-order valence-electron chi connectivity index (χ4n) is 2.00. The van der Waals surface area contributed by atoms with Gasteiger partial charge in [-0.3, -0.25) is 0 Å². The van der Waals surface area contributed by atoms with Gasteiger partial charge in [-0.15, -0.1) is 0 Å². The summed E-state index contributed by atoms with van der Waals surface area (Å²) in [6, 6.07) is 4.22. The van der Waals surface area contributed by atoms with E-state index in [2.05, 4.69) is 21.5 Å². The number of nitrogens with two attached hydrogens (primary N) is 1. The van der Waals surface area contributed by atoms with Crippen LogP contribution in [-0.2, 0) is 6.42 Å². The van der Waals surface area contributed by atoms with Crippen molar-refractivity contribution in [3.63, 3.8) is 0 Å². The average Bonchev–Trinajstić information content (AvgIpc) is 2.80. The molecule has 0 bridgehead atoms. The van der Waals surface area contributed by atoms with Crippen LogP contribution in [0.3, 0.4) is 0 Å². The second-order valence-corrected chi connectivity index (χ2v) is 4.55. The van der Waals surface area contributed by atoms with Crippen molar-refractivity contribution in [1.82, 2.24) is 9.38 Å². The summed E-state index contributed by atoms with van der Waals surface area (Å²) < 4.78 is 2.06. The summed E-state index contributed by atoms with van der Waals surface area (Å²) in [6.07, 6.45) is 10.3. The van der Waals surface area contributed by atoms with Crippen molar-refractivity contribution in [1.29, 1.82) is 0 Å². The van der Waals surface area contributed by atoms with Crippen molar-refractivity contribution >= 4 is 5.65 Å². The van der Waals surface area contributed by atoms with Crippen LogP contribution < -0.4 is 5.73 Å². The van der Waals surface area contributed by atoms with Gasteiger partial charge in [-0.2, -0.15) is 0 Å². The molecule has 1 aliphatic carbocycles. The van der Waals surface area contributed by atoms with Crippen LogP contribution in [0.25, 0.3) is 5.65 Å². The van der Waals surface area contributed by atoms with Gasteiger partial charge in [-0.1, -0.05) is 6.07 Å². The Kier molecular flexibility index (Phi) is 1.83. The van der Waals surface area contributed by atoms with Gasteiger partial charge in [0.15, 0.2) is 0 Å². The highest BCUT2D eigenvalue weighted by atomic mass is 15.0. The molecule has 1 aliphatic rings. The fraction of sp³-hybridized carbons (Fsp3) is 0.417. The van der Waals surface area contributed by atoms with E-state index in [1.54, 1.807) is 0 Å². The Balaban J connectivity index is 1.86. The molecule has 1 fully saturated rings. The predicted molar refractivity (Wildman–Crippen MR) is 59.7 cm³/mol. The summed E-state index contributed by atoms with van der Waals surface area (Å²) in [4.78, 5) is 4.36. The summed E-state index contributed by atoms with van der Waals surface area (Å²) in [5.41, 5.74) is 8.60. The summed E-state index contributed by atoms with van der Waals surface area (Å²) in [5.74, 6) is 0. The Morgan fingerprint density at radius 3 is 3.07 bits per heavy atom. The number of aromatic nitrogens is 2. The molecule has 0 radical (unpaired) electrons. The van der Waals surface area contributed by atoms with Crippen LogP contribution in [0.5, 0.6) is 0 Å². The van der Waals surface area contributed by atoms with E-state index in [4.69, 9.17) is 5.73 Å². The van der Waals surface area contributed by atoms with Crippen LogP contribution >= 0.6 is 0 Å². The van der Waals surface area contributed by atoms with Crippen molar-refractivity contribution < 1.29 is 0 Å². The van der Waals surface area contributed by atoms with Gasteiger partial charge >= 0.3 is 0 Å². The first-order valence-electron chi connectivity index (χ1n) is 5.46. The number of nitrogens with zero attached hydrogens (tertiary/aromatic N) is 2. The molecule has 0 unspecified atom stereocenters. The lowest BCUT2D eigenvalue weighted by Crippen LogP contribution is -2.22. The summed E-state index contributed by atoms with van der Waals surface area (Å²) >= 11 is 0. The maximum absolute atomic E-state index is 6.09. The molecule has 0 aromatic carbocycles. The molecule has 0 saturated heterocycles. The van der Waals surface area contributed by atoms with Crippen molar-refractivity contribution in [3.8, 4) is 0 Å². The normalized spacial score (nSPS) is 18.2. The molecule has 0 amide bonds. The Morgan fingerprint density at radius 2 is 2.27 bits per heavy atom. The average molecular weight is 201 g/mol. The third kappa shape index (κ3) is 1.63. The van der Waals surface area contributed by atoms with Crippen LogP contribution in [0.15, 0.2) is 30.7 Å². The smallest absolute Gasteiger partial charge is 0.139 e. The molecular weight excluding hydrogens is 186 g/mol. The van der Waals surface area contributed by atoms with Crippen molar-refractivity contribution in [2.24, 2.45) is 5.73 Å². The van der Waals surface area contributed by atoms with Gasteiger partial charge in [0.2, 0.25) is 0 Å². The Bertz CT molecular complexity index is 482. The van der Waals surface area contributed by atoms with Crippen LogP contribution in [0.2, 0.25) is 0 Å². The van der Waals surface area contributed by atoms with Crippen LogP contribution in [0, 0.1) is 0 Å². The molecule has 15 heavy (non-hydrogen) atoms. The summed E-state index contributed by atoms with van der Waals surface area (Å²) in [7, 11) is 0.